The molecule has 80 valence electrons. The number of nitrogens with one attached hydrogen (secondary N) is 2. The van der Waals surface area contributed by atoms with Crippen LogP contribution in [0.4, 0.5) is 4.79 Å². The van der Waals surface area contributed by atoms with E-state index < -0.39 is 11.4 Å². The number of methoxy groups -OCH3 is 1. The van der Waals surface area contributed by atoms with Gasteiger partial charge in [-0.05, 0) is 13.0 Å². The first-order chi connectivity index (χ1) is 6.60. The van der Waals surface area contributed by atoms with Gasteiger partial charge in [0.25, 0.3) is 0 Å². The molecule has 1 heterocycles. The first-order valence-corrected chi connectivity index (χ1v) is 4.41. The third kappa shape index (κ3) is 2.21. The van der Waals surface area contributed by atoms with E-state index in [1.807, 2.05) is 0 Å². The molecule has 1 atom stereocenters. The summed E-state index contributed by atoms with van der Waals surface area (Å²) in [6, 6.07) is -0.822. The summed E-state index contributed by atoms with van der Waals surface area (Å²) in [5, 5.41) is 5.15. The number of rotatable bonds is 3. The molecule has 1 unspecified atom stereocenters. The van der Waals surface area contributed by atoms with Crippen LogP contribution in [0.1, 0.15) is 6.42 Å². The molecule has 1 aliphatic rings. The molecule has 0 aromatic rings. The van der Waals surface area contributed by atoms with Gasteiger partial charge in [0.2, 0.25) is 5.91 Å². The van der Waals surface area contributed by atoms with Crippen LogP contribution in [0.2, 0.25) is 0 Å². The van der Waals surface area contributed by atoms with Gasteiger partial charge in [0.1, 0.15) is 0 Å². The summed E-state index contributed by atoms with van der Waals surface area (Å²) >= 11 is 0. The SMILES string of the molecule is COCC1(C(=O)NC(N)=O)CCNC1. The Morgan fingerprint density at radius 1 is 1.64 bits per heavy atom. The summed E-state index contributed by atoms with van der Waals surface area (Å²) in [7, 11) is 1.53. The minimum Gasteiger partial charge on any atom is -0.384 e. The van der Waals surface area contributed by atoms with Crippen molar-refractivity contribution in [3.8, 4) is 0 Å². The Kier molecular flexibility index (Phi) is 3.43. The predicted molar refractivity (Wildman–Crippen MR) is 49.5 cm³/mol. The molecule has 0 aromatic carbocycles. The van der Waals surface area contributed by atoms with Crippen molar-refractivity contribution in [1.29, 1.82) is 0 Å². The number of imide groups is 1. The van der Waals surface area contributed by atoms with Crippen molar-refractivity contribution in [2.45, 2.75) is 6.42 Å². The molecule has 0 saturated carbocycles. The molecule has 1 fully saturated rings. The van der Waals surface area contributed by atoms with Crippen molar-refractivity contribution in [2.24, 2.45) is 11.1 Å². The van der Waals surface area contributed by atoms with Crippen LogP contribution in [0.25, 0.3) is 0 Å². The highest BCUT2D eigenvalue weighted by Gasteiger charge is 2.41. The number of carbonyl (C=O) groups is 2. The second kappa shape index (κ2) is 4.39. The minimum atomic E-state index is -0.822. The molecule has 0 aromatic heterocycles. The number of carbonyl (C=O) groups excluding carboxylic acids is 2. The maximum absolute atomic E-state index is 11.6. The zero-order valence-corrected chi connectivity index (χ0v) is 8.13. The zero-order chi connectivity index (χ0) is 10.6. The molecular formula is C8H15N3O3. The molecule has 3 amide bonds. The Morgan fingerprint density at radius 3 is 2.79 bits per heavy atom. The topological polar surface area (TPSA) is 93.4 Å². The number of hydrogen-bond acceptors (Lipinski definition) is 4. The molecule has 0 spiro atoms. The van der Waals surface area contributed by atoms with Gasteiger partial charge in [-0.25, -0.2) is 4.79 Å². The van der Waals surface area contributed by atoms with Gasteiger partial charge in [0, 0.05) is 13.7 Å². The first-order valence-electron chi connectivity index (χ1n) is 4.41. The van der Waals surface area contributed by atoms with Crippen molar-refractivity contribution < 1.29 is 14.3 Å². The standard InChI is InChI=1S/C8H15N3O3/c1-14-5-8(2-3-10-4-8)6(12)11-7(9)13/h10H,2-5H2,1H3,(H3,9,11,12,13). The van der Waals surface area contributed by atoms with E-state index in [2.05, 4.69) is 10.6 Å². The van der Waals surface area contributed by atoms with E-state index in [-0.39, 0.29) is 5.91 Å². The highest BCUT2D eigenvalue weighted by molar-refractivity contribution is 5.97. The highest BCUT2D eigenvalue weighted by atomic mass is 16.5. The van der Waals surface area contributed by atoms with Gasteiger partial charge in [-0.1, -0.05) is 0 Å². The molecule has 0 bridgehead atoms. The maximum atomic E-state index is 11.6. The second-order valence-electron chi connectivity index (χ2n) is 3.46. The third-order valence-electron chi connectivity index (χ3n) is 2.38. The molecule has 1 saturated heterocycles. The number of hydrogen-bond donors (Lipinski definition) is 3. The van der Waals surface area contributed by atoms with Gasteiger partial charge in [-0.3, -0.25) is 10.1 Å². The molecule has 0 aliphatic carbocycles. The summed E-state index contributed by atoms with van der Waals surface area (Å²) in [5.41, 5.74) is 4.23. The van der Waals surface area contributed by atoms with Crippen molar-refractivity contribution in [2.75, 3.05) is 26.8 Å². The van der Waals surface area contributed by atoms with Crippen LogP contribution in [-0.2, 0) is 9.53 Å². The van der Waals surface area contributed by atoms with E-state index in [9.17, 15) is 9.59 Å². The van der Waals surface area contributed by atoms with Crippen molar-refractivity contribution in [3.63, 3.8) is 0 Å². The van der Waals surface area contributed by atoms with Crippen molar-refractivity contribution in [1.82, 2.24) is 10.6 Å². The lowest BCUT2D eigenvalue weighted by atomic mass is 9.87. The van der Waals surface area contributed by atoms with E-state index in [0.717, 1.165) is 6.54 Å². The van der Waals surface area contributed by atoms with E-state index in [1.165, 1.54) is 7.11 Å². The van der Waals surface area contributed by atoms with Gasteiger partial charge < -0.3 is 15.8 Å². The average molecular weight is 201 g/mol. The van der Waals surface area contributed by atoms with Crippen LogP contribution < -0.4 is 16.4 Å². The average Bonchev–Trinajstić information content (AvgIpc) is 2.53. The minimum absolute atomic E-state index is 0.291. The molecule has 6 heteroatoms. The van der Waals surface area contributed by atoms with Crippen LogP contribution in [0.5, 0.6) is 0 Å². The highest BCUT2D eigenvalue weighted by Crippen LogP contribution is 2.25. The zero-order valence-electron chi connectivity index (χ0n) is 8.13. The number of primary amides is 1. The Labute approximate surface area is 82.2 Å². The number of nitrogens with two attached hydrogens (primary N) is 1. The van der Waals surface area contributed by atoms with E-state index in [4.69, 9.17) is 10.5 Å². The fraction of sp³-hybridized carbons (Fsp3) is 0.750. The Bertz CT molecular complexity index is 236. The predicted octanol–water partition coefficient (Wildman–Crippen LogP) is -1.19. The summed E-state index contributed by atoms with van der Waals surface area (Å²) < 4.78 is 4.98. The van der Waals surface area contributed by atoms with E-state index >= 15 is 0 Å². The third-order valence-corrected chi connectivity index (χ3v) is 2.38. The molecule has 6 nitrogen and oxygen atoms in total. The fourth-order valence-corrected chi connectivity index (χ4v) is 1.65. The molecular weight excluding hydrogens is 186 g/mol. The van der Waals surface area contributed by atoms with Crippen molar-refractivity contribution in [3.05, 3.63) is 0 Å². The Hall–Kier alpha value is -1.14. The monoisotopic (exact) mass is 201 g/mol. The summed E-state index contributed by atoms with van der Waals surface area (Å²) in [6.45, 7) is 1.55. The molecule has 0 radical (unpaired) electrons. The summed E-state index contributed by atoms with van der Waals surface area (Å²) in [4.78, 5) is 22.2. The van der Waals surface area contributed by atoms with Gasteiger partial charge in [-0.15, -0.1) is 0 Å². The molecule has 14 heavy (non-hydrogen) atoms. The van der Waals surface area contributed by atoms with E-state index in [1.54, 1.807) is 0 Å². The van der Waals surface area contributed by atoms with Crippen LogP contribution in [0.3, 0.4) is 0 Å². The maximum Gasteiger partial charge on any atom is 0.318 e. The Balaban J connectivity index is 2.66. The lowest BCUT2D eigenvalue weighted by molar-refractivity contribution is -0.131. The summed E-state index contributed by atoms with van der Waals surface area (Å²) in [5.74, 6) is -0.364. The van der Waals surface area contributed by atoms with Crippen LogP contribution >= 0.6 is 0 Å². The lowest BCUT2D eigenvalue weighted by Crippen LogP contribution is -2.49. The van der Waals surface area contributed by atoms with Crippen LogP contribution in [-0.4, -0.2) is 38.7 Å². The Morgan fingerprint density at radius 2 is 2.36 bits per heavy atom. The van der Waals surface area contributed by atoms with E-state index in [0.29, 0.717) is 19.6 Å². The largest absolute Gasteiger partial charge is 0.384 e. The normalized spacial score (nSPS) is 26.1. The quantitative estimate of drug-likeness (QED) is 0.535. The first kappa shape index (κ1) is 10.9. The van der Waals surface area contributed by atoms with Gasteiger partial charge >= 0.3 is 6.03 Å². The van der Waals surface area contributed by atoms with Gasteiger partial charge in [0.15, 0.2) is 0 Å². The van der Waals surface area contributed by atoms with Crippen molar-refractivity contribution >= 4 is 11.9 Å². The molecule has 1 aliphatic heterocycles. The van der Waals surface area contributed by atoms with Gasteiger partial charge in [-0.2, -0.15) is 0 Å². The second-order valence-corrected chi connectivity index (χ2v) is 3.46. The van der Waals surface area contributed by atoms with Gasteiger partial charge in [0.05, 0.1) is 12.0 Å². The number of ether oxygens (including phenoxy) is 1. The molecule has 4 N–H and O–H groups in total. The van der Waals surface area contributed by atoms with Crippen LogP contribution in [0.15, 0.2) is 0 Å². The molecule has 1 rings (SSSR count). The summed E-state index contributed by atoms with van der Waals surface area (Å²) in [6.07, 6.45) is 0.653. The fourth-order valence-electron chi connectivity index (χ4n) is 1.65. The smallest absolute Gasteiger partial charge is 0.318 e. The number of urea groups is 1. The van der Waals surface area contributed by atoms with Crippen LogP contribution in [0, 0.1) is 5.41 Å². The lowest BCUT2D eigenvalue weighted by Gasteiger charge is -2.24. The number of amides is 3.